The quantitative estimate of drug-likeness (QED) is 0.635. The minimum absolute atomic E-state index is 0.226. The number of halogens is 1. The molecule has 0 spiro atoms. The molecule has 3 N–H and O–H groups in total. The van der Waals surface area contributed by atoms with Gasteiger partial charge in [0.15, 0.2) is 0 Å². The van der Waals surface area contributed by atoms with E-state index in [0.717, 1.165) is 13.0 Å². The summed E-state index contributed by atoms with van der Waals surface area (Å²) in [7, 11) is 0. The van der Waals surface area contributed by atoms with E-state index < -0.39 is 6.17 Å². The van der Waals surface area contributed by atoms with E-state index >= 15 is 0 Å². The predicted octanol–water partition coefficient (Wildman–Crippen LogP) is 0.603. The molecule has 5 heteroatoms. The average Bonchev–Trinajstić information content (AvgIpc) is 2.09. The van der Waals surface area contributed by atoms with Crippen LogP contribution in [0.3, 0.4) is 0 Å². The van der Waals surface area contributed by atoms with Crippen LogP contribution in [0.15, 0.2) is 0 Å². The fraction of sp³-hybridized carbons (Fsp3) is 0.900. The molecule has 0 aromatic carbocycles. The second-order valence-electron chi connectivity index (χ2n) is 4.50. The first-order valence-electron chi connectivity index (χ1n) is 5.08. The van der Waals surface area contributed by atoms with Gasteiger partial charge in [-0.15, -0.1) is 0 Å². The Morgan fingerprint density at radius 3 is 2.33 bits per heavy atom. The van der Waals surface area contributed by atoms with Crippen molar-refractivity contribution < 1.29 is 13.9 Å². The average molecular weight is 220 g/mol. The van der Waals surface area contributed by atoms with Crippen molar-refractivity contribution in [1.29, 1.82) is 0 Å². The van der Waals surface area contributed by atoms with Crippen LogP contribution in [-0.4, -0.2) is 37.4 Å². The number of rotatable bonds is 1. The normalized spacial score (nSPS) is 26.2. The highest BCUT2D eigenvalue weighted by molar-refractivity contribution is 5.37. The second-order valence-corrected chi connectivity index (χ2v) is 4.50. The lowest BCUT2D eigenvalue weighted by atomic mass is 10.1. The fourth-order valence-corrected chi connectivity index (χ4v) is 0.985. The number of alkyl halides is 1. The lowest BCUT2D eigenvalue weighted by molar-refractivity contribution is -0.138. The SMILES string of the molecule is CC(C)(C)OC=O.N[C@H]1CCNC[C@H]1F. The summed E-state index contributed by atoms with van der Waals surface area (Å²) in [4.78, 5) is 9.60. The number of hydrogen-bond acceptors (Lipinski definition) is 4. The molecule has 4 nitrogen and oxygen atoms in total. The van der Waals surface area contributed by atoms with Crippen LogP contribution in [0.1, 0.15) is 27.2 Å². The van der Waals surface area contributed by atoms with Gasteiger partial charge in [0.2, 0.25) is 0 Å². The summed E-state index contributed by atoms with van der Waals surface area (Å²) in [6, 6.07) is -0.226. The Labute approximate surface area is 90.4 Å². The molecule has 1 aliphatic rings. The number of piperidine rings is 1. The number of ether oxygens (including phenoxy) is 1. The summed E-state index contributed by atoms with van der Waals surface area (Å²) >= 11 is 0. The fourth-order valence-electron chi connectivity index (χ4n) is 0.985. The van der Waals surface area contributed by atoms with Gasteiger partial charge in [-0.25, -0.2) is 4.39 Å². The van der Waals surface area contributed by atoms with Crippen molar-refractivity contribution in [3.05, 3.63) is 0 Å². The molecule has 1 fully saturated rings. The molecule has 0 radical (unpaired) electrons. The summed E-state index contributed by atoms with van der Waals surface area (Å²) in [5, 5.41) is 2.91. The van der Waals surface area contributed by atoms with Crippen molar-refractivity contribution in [2.75, 3.05) is 13.1 Å². The van der Waals surface area contributed by atoms with Gasteiger partial charge < -0.3 is 15.8 Å². The molecule has 0 aliphatic carbocycles. The van der Waals surface area contributed by atoms with Gasteiger partial charge >= 0.3 is 0 Å². The third-order valence-electron chi connectivity index (χ3n) is 1.86. The van der Waals surface area contributed by atoms with Crippen LogP contribution in [0, 0.1) is 0 Å². The van der Waals surface area contributed by atoms with Crippen molar-refractivity contribution in [3.63, 3.8) is 0 Å². The van der Waals surface area contributed by atoms with E-state index in [1.165, 1.54) is 0 Å². The second kappa shape index (κ2) is 6.74. The number of nitrogens with two attached hydrogens (primary N) is 1. The predicted molar refractivity (Wildman–Crippen MR) is 57.3 cm³/mol. The van der Waals surface area contributed by atoms with Crippen LogP contribution in [0.5, 0.6) is 0 Å². The van der Waals surface area contributed by atoms with Crippen molar-refractivity contribution in [2.45, 2.75) is 45.0 Å². The molecule has 0 bridgehead atoms. The third kappa shape index (κ3) is 8.32. The highest BCUT2D eigenvalue weighted by Gasteiger charge is 2.19. The van der Waals surface area contributed by atoms with E-state index in [1.807, 2.05) is 20.8 Å². The van der Waals surface area contributed by atoms with Crippen molar-refractivity contribution in [2.24, 2.45) is 5.73 Å². The van der Waals surface area contributed by atoms with Gasteiger partial charge in [-0.1, -0.05) is 0 Å². The topological polar surface area (TPSA) is 64.3 Å². The van der Waals surface area contributed by atoms with Crippen LogP contribution < -0.4 is 11.1 Å². The Morgan fingerprint density at radius 1 is 1.53 bits per heavy atom. The summed E-state index contributed by atoms with van der Waals surface area (Å²) in [6.45, 7) is 7.22. The Balaban J connectivity index is 0.000000265. The first kappa shape index (κ1) is 14.3. The van der Waals surface area contributed by atoms with Crippen molar-refractivity contribution in [1.82, 2.24) is 5.32 Å². The standard InChI is InChI=1S/C5H11FN2.C5H10O2/c6-4-3-8-2-1-5(4)7;1-5(2,3)7-4-6/h4-5,8H,1-3,7H2;4H,1-3H3/t4-,5+;/m1./s1. The molecule has 15 heavy (non-hydrogen) atoms. The summed E-state index contributed by atoms with van der Waals surface area (Å²) in [6.07, 6.45) is -0.0648. The minimum Gasteiger partial charge on any atom is -0.462 e. The molecule has 0 saturated carbocycles. The maximum atomic E-state index is 12.4. The highest BCUT2D eigenvalue weighted by atomic mass is 19.1. The van der Waals surface area contributed by atoms with Gasteiger partial charge in [-0.2, -0.15) is 0 Å². The molecule has 0 aromatic rings. The Kier molecular flexibility index (Phi) is 6.43. The van der Waals surface area contributed by atoms with E-state index in [2.05, 4.69) is 10.1 Å². The van der Waals surface area contributed by atoms with Gasteiger partial charge in [0.1, 0.15) is 11.8 Å². The molecule has 0 unspecified atom stereocenters. The van der Waals surface area contributed by atoms with Crippen LogP contribution in [0.25, 0.3) is 0 Å². The molecule has 1 aliphatic heterocycles. The summed E-state index contributed by atoms with van der Waals surface area (Å²) in [5.41, 5.74) is 5.05. The Bertz CT molecular complexity index is 173. The maximum Gasteiger partial charge on any atom is 0.293 e. The Morgan fingerprint density at radius 2 is 2.13 bits per heavy atom. The van der Waals surface area contributed by atoms with Gasteiger partial charge in [0.25, 0.3) is 6.47 Å². The molecule has 90 valence electrons. The zero-order valence-corrected chi connectivity index (χ0v) is 9.63. The molecule has 0 amide bonds. The lowest BCUT2D eigenvalue weighted by Crippen LogP contribution is -2.46. The molecule has 1 saturated heterocycles. The highest BCUT2D eigenvalue weighted by Crippen LogP contribution is 2.03. The summed E-state index contributed by atoms with van der Waals surface area (Å²) < 4.78 is 16.9. The minimum atomic E-state index is -0.830. The van der Waals surface area contributed by atoms with E-state index in [-0.39, 0.29) is 11.6 Å². The van der Waals surface area contributed by atoms with Crippen LogP contribution >= 0.6 is 0 Å². The number of hydrogen-bond donors (Lipinski definition) is 2. The molecular formula is C10H21FN2O2. The first-order valence-corrected chi connectivity index (χ1v) is 5.08. The monoisotopic (exact) mass is 220 g/mol. The van der Waals surface area contributed by atoms with Gasteiger partial charge in [-0.05, 0) is 33.7 Å². The van der Waals surface area contributed by atoms with Gasteiger partial charge in [0, 0.05) is 12.6 Å². The van der Waals surface area contributed by atoms with E-state index in [0.29, 0.717) is 13.0 Å². The largest absolute Gasteiger partial charge is 0.462 e. The van der Waals surface area contributed by atoms with Crippen molar-refractivity contribution in [3.8, 4) is 0 Å². The van der Waals surface area contributed by atoms with Crippen LogP contribution in [0.2, 0.25) is 0 Å². The number of carbonyl (C=O) groups excluding carboxylic acids is 1. The summed E-state index contributed by atoms with van der Waals surface area (Å²) in [5.74, 6) is 0. The molecule has 2 atom stereocenters. The number of carbonyl (C=O) groups is 1. The number of nitrogens with one attached hydrogen (secondary N) is 1. The lowest BCUT2D eigenvalue weighted by Gasteiger charge is -2.22. The first-order chi connectivity index (χ1) is 6.87. The third-order valence-corrected chi connectivity index (χ3v) is 1.86. The molecular weight excluding hydrogens is 199 g/mol. The van der Waals surface area contributed by atoms with E-state index in [4.69, 9.17) is 5.73 Å². The van der Waals surface area contributed by atoms with Gasteiger partial charge in [0.05, 0.1) is 0 Å². The molecule has 1 heterocycles. The zero-order valence-electron chi connectivity index (χ0n) is 9.63. The zero-order chi connectivity index (χ0) is 11.9. The van der Waals surface area contributed by atoms with Crippen LogP contribution in [0.4, 0.5) is 4.39 Å². The van der Waals surface area contributed by atoms with Crippen molar-refractivity contribution >= 4 is 6.47 Å². The van der Waals surface area contributed by atoms with Crippen LogP contribution in [-0.2, 0) is 9.53 Å². The molecule has 0 aromatic heterocycles. The molecule has 1 rings (SSSR count). The maximum absolute atomic E-state index is 12.4. The van der Waals surface area contributed by atoms with Gasteiger partial charge in [-0.3, -0.25) is 4.79 Å². The Hall–Kier alpha value is -0.680. The van der Waals surface area contributed by atoms with E-state index in [9.17, 15) is 9.18 Å². The van der Waals surface area contributed by atoms with E-state index in [1.54, 1.807) is 0 Å². The smallest absolute Gasteiger partial charge is 0.293 e.